The van der Waals surface area contributed by atoms with E-state index >= 15 is 0 Å². The predicted octanol–water partition coefficient (Wildman–Crippen LogP) is 4.02. The van der Waals surface area contributed by atoms with Gasteiger partial charge in [0.2, 0.25) is 0 Å². The van der Waals surface area contributed by atoms with E-state index in [-0.39, 0.29) is 23.3 Å². The molecule has 3 aromatic rings. The molecule has 0 saturated carbocycles. The van der Waals surface area contributed by atoms with Crippen LogP contribution in [0.3, 0.4) is 0 Å². The molecular weight excluding hydrogens is 414 g/mol. The van der Waals surface area contributed by atoms with Gasteiger partial charge in [0.05, 0.1) is 42.2 Å². The second-order valence-electron chi connectivity index (χ2n) is 7.21. The molecule has 3 N–H and O–H groups in total. The number of phenols is 1. The first-order chi connectivity index (χ1) is 15.2. The van der Waals surface area contributed by atoms with Crippen molar-refractivity contribution in [2.24, 2.45) is 0 Å². The van der Waals surface area contributed by atoms with Crippen molar-refractivity contribution < 1.29 is 14.6 Å². The highest BCUT2D eigenvalue weighted by Gasteiger charge is 2.23. The molecule has 1 aliphatic rings. The summed E-state index contributed by atoms with van der Waals surface area (Å²) in [5, 5.41) is 17.3. The fourth-order valence-electron chi connectivity index (χ4n) is 3.52. The van der Waals surface area contributed by atoms with Crippen LogP contribution in [0.1, 0.15) is 35.3 Å². The third kappa shape index (κ3) is 4.78. The zero-order valence-corrected chi connectivity index (χ0v) is 18.1. The second-order valence-corrected chi connectivity index (χ2v) is 7.74. The van der Waals surface area contributed by atoms with Gasteiger partial charge in [0.15, 0.2) is 17.4 Å². The highest BCUT2D eigenvalue weighted by molar-refractivity contribution is 6.99. The summed E-state index contributed by atoms with van der Waals surface area (Å²) in [6, 6.07) is 15.3. The number of carbonyl (C=O) groups is 1. The van der Waals surface area contributed by atoms with Crippen molar-refractivity contribution in [2.75, 3.05) is 36.9 Å². The maximum Gasteiger partial charge on any atom is 0.257 e. The van der Waals surface area contributed by atoms with Crippen molar-refractivity contribution in [2.45, 2.75) is 19.4 Å². The molecule has 0 radical (unpaired) electrons. The van der Waals surface area contributed by atoms with Gasteiger partial charge in [0.25, 0.3) is 5.91 Å². The average molecular weight is 440 g/mol. The first-order valence-electron chi connectivity index (χ1n) is 10.3. The van der Waals surface area contributed by atoms with Crippen LogP contribution >= 0.6 is 11.7 Å². The molecule has 162 valence electrons. The Hall–Kier alpha value is -3.17. The Kier molecular flexibility index (Phi) is 6.63. The number of aromatic nitrogens is 2. The number of aromatic hydroxyl groups is 1. The van der Waals surface area contributed by atoms with Crippen LogP contribution < -0.4 is 10.6 Å². The number of rotatable bonds is 7. The van der Waals surface area contributed by atoms with Gasteiger partial charge in [-0.25, -0.2) is 0 Å². The number of phenolic OH excluding ortho intramolecular Hbond substituents is 1. The summed E-state index contributed by atoms with van der Waals surface area (Å²) in [4.78, 5) is 14.5. The summed E-state index contributed by atoms with van der Waals surface area (Å²) >= 11 is 1.08. The molecule has 1 atom stereocenters. The molecule has 9 heteroatoms. The number of anilines is 3. The summed E-state index contributed by atoms with van der Waals surface area (Å²) in [6.45, 7) is 4.13. The third-order valence-electron chi connectivity index (χ3n) is 5.23. The van der Waals surface area contributed by atoms with Crippen molar-refractivity contribution in [3.8, 4) is 5.75 Å². The highest BCUT2D eigenvalue weighted by Crippen LogP contribution is 2.34. The molecule has 0 unspecified atom stereocenters. The van der Waals surface area contributed by atoms with Crippen molar-refractivity contribution >= 4 is 35.0 Å². The zero-order chi connectivity index (χ0) is 21.6. The SMILES string of the molecule is CC[C@@H](Nc1nsnc1Nc1cccc(C(=O)N2CCOCC2)c1O)c1ccccc1. The number of hydrogen-bond donors (Lipinski definition) is 3. The van der Waals surface area contributed by atoms with Crippen LogP contribution in [0.5, 0.6) is 5.75 Å². The summed E-state index contributed by atoms with van der Waals surface area (Å²) < 4.78 is 14.0. The smallest absolute Gasteiger partial charge is 0.257 e. The Morgan fingerprint density at radius 2 is 1.87 bits per heavy atom. The molecule has 1 aromatic heterocycles. The van der Waals surface area contributed by atoms with Gasteiger partial charge in [-0.3, -0.25) is 4.79 Å². The topological polar surface area (TPSA) is 99.6 Å². The van der Waals surface area contributed by atoms with Crippen LogP contribution in [0, 0.1) is 0 Å². The largest absolute Gasteiger partial charge is 0.505 e. The molecule has 2 aromatic carbocycles. The van der Waals surface area contributed by atoms with Crippen LogP contribution in [0.2, 0.25) is 0 Å². The number of nitrogens with one attached hydrogen (secondary N) is 2. The average Bonchev–Trinajstić information content (AvgIpc) is 3.26. The predicted molar refractivity (Wildman–Crippen MR) is 121 cm³/mol. The summed E-state index contributed by atoms with van der Waals surface area (Å²) in [7, 11) is 0. The number of para-hydroxylation sites is 1. The van der Waals surface area contributed by atoms with E-state index in [0.29, 0.717) is 43.6 Å². The number of carbonyl (C=O) groups excluding carboxylic acids is 1. The monoisotopic (exact) mass is 439 g/mol. The standard InChI is InChI=1S/C22H25N5O3S/c1-2-17(15-7-4-3-5-8-15)23-20-21(26-31-25-20)24-18-10-6-9-16(19(18)28)22(29)27-11-13-30-14-12-27/h3-10,17,28H,2,11-14H2,1H3,(H,23,25)(H,24,26)/t17-/m1/s1. The van der Waals surface area contributed by atoms with E-state index in [2.05, 4.69) is 38.4 Å². The Morgan fingerprint density at radius 1 is 1.13 bits per heavy atom. The minimum Gasteiger partial charge on any atom is -0.505 e. The lowest BCUT2D eigenvalue weighted by atomic mass is 10.0. The number of hydrogen-bond acceptors (Lipinski definition) is 8. The molecule has 31 heavy (non-hydrogen) atoms. The normalized spacial score (nSPS) is 14.8. The molecule has 8 nitrogen and oxygen atoms in total. The van der Waals surface area contributed by atoms with Crippen LogP contribution in [-0.4, -0.2) is 51.0 Å². The van der Waals surface area contributed by atoms with Crippen LogP contribution in [0.15, 0.2) is 48.5 Å². The van der Waals surface area contributed by atoms with E-state index in [9.17, 15) is 9.90 Å². The number of benzene rings is 2. The molecule has 1 saturated heterocycles. The minimum absolute atomic E-state index is 0.0773. The molecule has 1 aliphatic heterocycles. The lowest BCUT2D eigenvalue weighted by Crippen LogP contribution is -2.40. The van der Waals surface area contributed by atoms with Gasteiger partial charge in [-0.05, 0) is 24.1 Å². The van der Waals surface area contributed by atoms with Crippen molar-refractivity contribution in [3.05, 3.63) is 59.7 Å². The first kappa shape index (κ1) is 21.1. The van der Waals surface area contributed by atoms with Crippen molar-refractivity contribution in [1.82, 2.24) is 13.6 Å². The van der Waals surface area contributed by atoms with E-state index in [4.69, 9.17) is 4.74 Å². The molecule has 1 amide bonds. The van der Waals surface area contributed by atoms with Crippen molar-refractivity contribution in [1.29, 1.82) is 0 Å². The number of amides is 1. The van der Waals surface area contributed by atoms with E-state index in [1.165, 1.54) is 0 Å². The maximum absolute atomic E-state index is 12.8. The Morgan fingerprint density at radius 3 is 2.61 bits per heavy atom. The lowest BCUT2D eigenvalue weighted by Gasteiger charge is -2.27. The molecule has 4 rings (SSSR count). The molecule has 0 spiro atoms. The van der Waals surface area contributed by atoms with E-state index in [0.717, 1.165) is 23.7 Å². The highest BCUT2D eigenvalue weighted by atomic mass is 32.1. The van der Waals surface area contributed by atoms with Crippen molar-refractivity contribution in [3.63, 3.8) is 0 Å². The van der Waals surface area contributed by atoms with Gasteiger partial charge in [0.1, 0.15) is 0 Å². The van der Waals surface area contributed by atoms with Gasteiger partial charge in [-0.15, -0.1) is 0 Å². The molecule has 1 fully saturated rings. The van der Waals surface area contributed by atoms with E-state index < -0.39 is 0 Å². The number of morpholine rings is 1. The molecule has 0 aliphatic carbocycles. The fraction of sp³-hybridized carbons (Fsp3) is 0.318. The van der Waals surface area contributed by atoms with Gasteiger partial charge in [-0.1, -0.05) is 43.3 Å². The zero-order valence-electron chi connectivity index (χ0n) is 17.2. The second kappa shape index (κ2) is 9.76. The van der Waals surface area contributed by atoms with Gasteiger partial charge in [-0.2, -0.15) is 8.75 Å². The van der Waals surface area contributed by atoms with Crippen LogP contribution in [0.4, 0.5) is 17.3 Å². The van der Waals surface area contributed by atoms with Crippen LogP contribution in [0.25, 0.3) is 0 Å². The summed E-state index contributed by atoms with van der Waals surface area (Å²) in [6.07, 6.45) is 0.871. The quantitative estimate of drug-likeness (QED) is 0.478. The Bertz CT molecular complexity index is 1020. The van der Waals surface area contributed by atoms with Gasteiger partial charge >= 0.3 is 0 Å². The fourth-order valence-corrected chi connectivity index (χ4v) is 3.99. The lowest BCUT2D eigenvalue weighted by molar-refractivity contribution is 0.0301. The number of nitrogens with zero attached hydrogens (tertiary/aromatic N) is 3. The maximum atomic E-state index is 12.8. The van der Waals surface area contributed by atoms with E-state index in [1.54, 1.807) is 23.1 Å². The van der Waals surface area contributed by atoms with Gasteiger partial charge in [0, 0.05) is 13.1 Å². The summed E-state index contributed by atoms with van der Waals surface area (Å²) in [5.74, 6) is 0.790. The van der Waals surface area contributed by atoms with E-state index in [1.807, 2.05) is 18.2 Å². The molecule has 2 heterocycles. The summed E-state index contributed by atoms with van der Waals surface area (Å²) in [5.41, 5.74) is 1.81. The molecular formula is C22H25N5O3S. The first-order valence-corrected chi connectivity index (χ1v) is 11.0. The molecule has 0 bridgehead atoms. The number of ether oxygens (including phenoxy) is 1. The van der Waals surface area contributed by atoms with Gasteiger partial charge < -0.3 is 25.4 Å². The Labute approximate surface area is 185 Å². The third-order valence-corrected chi connectivity index (χ3v) is 5.76. The minimum atomic E-state index is -0.214. The Balaban J connectivity index is 1.53. The van der Waals surface area contributed by atoms with Crippen LogP contribution in [-0.2, 0) is 4.74 Å².